The van der Waals surface area contributed by atoms with Crippen LogP contribution in [-0.4, -0.2) is 41.7 Å². The molecule has 5 nitrogen and oxygen atoms in total. The fourth-order valence-corrected chi connectivity index (χ4v) is 0.868. The van der Waals surface area contributed by atoms with Crippen LogP contribution in [-0.2, 0) is 9.59 Å². The Morgan fingerprint density at radius 1 is 1.69 bits per heavy atom. The largest absolute Gasteiger partial charge is 0.395 e. The van der Waals surface area contributed by atoms with E-state index in [9.17, 15) is 9.59 Å². The summed E-state index contributed by atoms with van der Waals surface area (Å²) in [5.74, 6) is -0.100. The van der Waals surface area contributed by atoms with Crippen molar-refractivity contribution in [1.82, 2.24) is 5.32 Å². The van der Waals surface area contributed by atoms with E-state index in [1.807, 2.05) is 0 Å². The van der Waals surface area contributed by atoms with Crippen LogP contribution >= 0.6 is 12.6 Å². The normalized spacial score (nSPS) is 14.7. The molecule has 0 aromatic heterocycles. The summed E-state index contributed by atoms with van der Waals surface area (Å²) in [5, 5.41) is 10.9. The van der Waals surface area contributed by atoms with Gasteiger partial charge < -0.3 is 21.0 Å². The highest BCUT2D eigenvalue weighted by Gasteiger charge is 2.12. The van der Waals surface area contributed by atoms with Gasteiger partial charge in [0.05, 0.1) is 12.6 Å². The van der Waals surface area contributed by atoms with E-state index < -0.39 is 12.1 Å². The van der Waals surface area contributed by atoms with Crippen molar-refractivity contribution in [3.05, 3.63) is 0 Å². The second kappa shape index (κ2) is 6.88. The van der Waals surface area contributed by atoms with E-state index in [-0.39, 0.29) is 24.7 Å². The Bertz CT molecular complexity index is 177. The number of carbonyl (C=O) groups is 2. The maximum atomic E-state index is 11.0. The molecule has 0 bridgehead atoms. The van der Waals surface area contributed by atoms with Crippen LogP contribution < -0.4 is 11.1 Å². The molecule has 1 unspecified atom stereocenters. The Morgan fingerprint density at radius 3 is 2.69 bits per heavy atom. The lowest BCUT2D eigenvalue weighted by molar-refractivity contribution is -0.124. The molecular weight excluding hydrogens is 192 g/mol. The summed E-state index contributed by atoms with van der Waals surface area (Å²) in [4.78, 5) is 21.3. The van der Waals surface area contributed by atoms with Gasteiger partial charge in [-0.15, -0.1) is 0 Å². The molecule has 0 aromatic carbocycles. The molecule has 1 amide bonds. The third-order valence-corrected chi connectivity index (χ3v) is 1.78. The van der Waals surface area contributed by atoms with Gasteiger partial charge in [-0.25, -0.2) is 0 Å². The lowest BCUT2D eigenvalue weighted by Crippen LogP contribution is -2.41. The Hall–Kier alpha value is -0.590. The number of aldehydes is 1. The molecule has 0 saturated heterocycles. The number of hydrogen-bond acceptors (Lipinski definition) is 5. The second-order valence-electron chi connectivity index (χ2n) is 2.64. The molecule has 0 aliphatic carbocycles. The SMILES string of the molecule is NC(CO)CC(=O)N[C@@H](C=O)CS. The predicted molar refractivity (Wildman–Crippen MR) is 51.5 cm³/mol. The molecule has 0 rings (SSSR count). The first-order valence-corrected chi connectivity index (χ1v) is 4.49. The molecule has 0 aliphatic heterocycles. The highest BCUT2D eigenvalue weighted by atomic mass is 32.1. The summed E-state index contributed by atoms with van der Waals surface area (Å²) in [5.41, 5.74) is 5.31. The van der Waals surface area contributed by atoms with Crippen LogP contribution in [0, 0.1) is 0 Å². The number of nitrogens with two attached hydrogens (primary N) is 1. The van der Waals surface area contributed by atoms with Crippen LogP contribution in [0.25, 0.3) is 0 Å². The molecule has 13 heavy (non-hydrogen) atoms. The summed E-state index contributed by atoms with van der Waals surface area (Å²) >= 11 is 3.86. The van der Waals surface area contributed by atoms with Crippen molar-refractivity contribution < 1.29 is 14.7 Å². The molecule has 0 heterocycles. The maximum Gasteiger partial charge on any atom is 0.222 e. The van der Waals surface area contributed by atoms with Crippen molar-refractivity contribution in [3.8, 4) is 0 Å². The molecule has 0 aromatic rings. The molecule has 0 fully saturated rings. The van der Waals surface area contributed by atoms with Crippen LogP contribution in [0.2, 0.25) is 0 Å². The molecule has 0 spiro atoms. The third kappa shape index (κ3) is 5.62. The van der Waals surface area contributed by atoms with E-state index in [1.54, 1.807) is 0 Å². The predicted octanol–water partition coefficient (Wildman–Crippen LogP) is -1.69. The monoisotopic (exact) mass is 206 g/mol. The summed E-state index contributed by atoms with van der Waals surface area (Å²) in [6.07, 6.45) is 0.615. The fourth-order valence-electron chi connectivity index (χ4n) is 0.691. The van der Waals surface area contributed by atoms with Crippen LogP contribution in [0.3, 0.4) is 0 Å². The van der Waals surface area contributed by atoms with Crippen LogP contribution in [0.1, 0.15) is 6.42 Å². The van der Waals surface area contributed by atoms with Gasteiger partial charge in [-0.1, -0.05) is 0 Å². The molecule has 4 N–H and O–H groups in total. The molecule has 76 valence electrons. The average molecular weight is 206 g/mol. The number of aliphatic hydroxyl groups is 1. The van der Waals surface area contributed by atoms with Gasteiger partial charge >= 0.3 is 0 Å². The molecular formula is C7H14N2O3S. The number of carbonyl (C=O) groups excluding carboxylic acids is 2. The first-order chi connectivity index (χ1) is 6.13. The molecule has 0 radical (unpaired) electrons. The fraction of sp³-hybridized carbons (Fsp3) is 0.714. The van der Waals surface area contributed by atoms with Gasteiger partial charge in [-0.2, -0.15) is 12.6 Å². The van der Waals surface area contributed by atoms with E-state index in [4.69, 9.17) is 10.8 Å². The quantitative estimate of drug-likeness (QED) is 0.308. The van der Waals surface area contributed by atoms with Crippen molar-refractivity contribution in [1.29, 1.82) is 0 Å². The van der Waals surface area contributed by atoms with Crippen LogP contribution in [0.15, 0.2) is 0 Å². The smallest absolute Gasteiger partial charge is 0.222 e. The minimum Gasteiger partial charge on any atom is -0.395 e. The van der Waals surface area contributed by atoms with E-state index in [1.165, 1.54) is 0 Å². The Kier molecular flexibility index (Phi) is 6.56. The lowest BCUT2D eigenvalue weighted by atomic mass is 10.2. The van der Waals surface area contributed by atoms with Crippen LogP contribution in [0.5, 0.6) is 0 Å². The van der Waals surface area contributed by atoms with E-state index >= 15 is 0 Å². The summed E-state index contributed by atoms with van der Waals surface area (Å²) in [7, 11) is 0. The van der Waals surface area contributed by atoms with Gasteiger partial charge in [-0.05, 0) is 0 Å². The number of rotatable bonds is 6. The van der Waals surface area contributed by atoms with Crippen molar-refractivity contribution in [2.24, 2.45) is 5.73 Å². The second-order valence-corrected chi connectivity index (χ2v) is 3.00. The standard InChI is InChI=1S/C7H14N2O3S/c8-5(2-10)1-7(12)9-6(3-11)4-13/h3,5-6,10,13H,1-2,4,8H2,(H,9,12)/t5?,6-/m0/s1. The van der Waals surface area contributed by atoms with Gasteiger partial charge in [0.1, 0.15) is 6.29 Å². The van der Waals surface area contributed by atoms with Crippen molar-refractivity contribution >= 4 is 24.8 Å². The molecule has 0 aliphatic rings. The summed E-state index contributed by atoms with van der Waals surface area (Å²) in [6.45, 7) is -0.250. The maximum absolute atomic E-state index is 11.0. The lowest BCUT2D eigenvalue weighted by Gasteiger charge is -2.11. The van der Waals surface area contributed by atoms with Gasteiger partial charge in [0.15, 0.2) is 0 Å². The zero-order valence-electron chi connectivity index (χ0n) is 7.14. The zero-order chi connectivity index (χ0) is 10.3. The molecule has 0 saturated carbocycles. The van der Waals surface area contributed by atoms with Crippen molar-refractivity contribution in [2.75, 3.05) is 12.4 Å². The Morgan fingerprint density at radius 2 is 2.31 bits per heavy atom. The van der Waals surface area contributed by atoms with Crippen LogP contribution in [0.4, 0.5) is 0 Å². The van der Waals surface area contributed by atoms with Gasteiger partial charge in [0.25, 0.3) is 0 Å². The van der Waals surface area contributed by atoms with Gasteiger partial charge in [0.2, 0.25) is 5.91 Å². The summed E-state index contributed by atoms with van der Waals surface area (Å²) < 4.78 is 0. The first-order valence-electron chi connectivity index (χ1n) is 3.86. The minimum absolute atomic E-state index is 0.00855. The van der Waals surface area contributed by atoms with Gasteiger partial charge in [-0.3, -0.25) is 4.79 Å². The minimum atomic E-state index is -0.582. The summed E-state index contributed by atoms with van der Waals surface area (Å²) in [6, 6.07) is -1.16. The Balaban J connectivity index is 3.78. The average Bonchev–Trinajstić information content (AvgIpc) is 2.13. The Labute approximate surface area is 82.1 Å². The van der Waals surface area contributed by atoms with E-state index in [2.05, 4.69) is 17.9 Å². The van der Waals surface area contributed by atoms with Crippen molar-refractivity contribution in [2.45, 2.75) is 18.5 Å². The zero-order valence-corrected chi connectivity index (χ0v) is 8.04. The molecule has 2 atom stereocenters. The van der Waals surface area contributed by atoms with E-state index in [0.717, 1.165) is 0 Å². The highest BCUT2D eigenvalue weighted by molar-refractivity contribution is 7.80. The van der Waals surface area contributed by atoms with Gasteiger partial charge in [0, 0.05) is 18.2 Å². The third-order valence-electron chi connectivity index (χ3n) is 1.39. The highest BCUT2D eigenvalue weighted by Crippen LogP contribution is 1.89. The topological polar surface area (TPSA) is 92.4 Å². The first kappa shape index (κ1) is 12.4. The van der Waals surface area contributed by atoms with Crippen molar-refractivity contribution in [3.63, 3.8) is 0 Å². The number of nitrogens with one attached hydrogen (secondary N) is 1. The number of amides is 1. The van der Waals surface area contributed by atoms with E-state index in [0.29, 0.717) is 6.29 Å². The molecule has 6 heteroatoms. The number of hydrogen-bond donors (Lipinski definition) is 4. The number of thiol groups is 1. The number of aliphatic hydroxyl groups excluding tert-OH is 1.